The molecule has 0 aliphatic carbocycles. The molecular formula is C21H23FN6. The SMILES string of the molecule is Cc1cc(Nc2ccccn2)nc(C2CCCCN2Cc2ccc(F)cn2)n1. The minimum absolute atomic E-state index is 0.116. The van der Waals surface area contributed by atoms with Crippen molar-refractivity contribution in [3.8, 4) is 0 Å². The van der Waals surface area contributed by atoms with Crippen LogP contribution >= 0.6 is 0 Å². The molecule has 0 radical (unpaired) electrons. The summed E-state index contributed by atoms with van der Waals surface area (Å²) in [5.74, 6) is 1.99. The summed E-state index contributed by atoms with van der Waals surface area (Å²) in [4.78, 5) is 20.3. The first-order valence-corrected chi connectivity index (χ1v) is 9.55. The molecule has 7 heteroatoms. The predicted octanol–water partition coefficient (Wildman–Crippen LogP) is 4.18. The van der Waals surface area contributed by atoms with Gasteiger partial charge in [0.2, 0.25) is 0 Å². The van der Waals surface area contributed by atoms with Gasteiger partial charge in [-0.25, -0.2) is 19.3 Å². The number of aryl methyl sites for hydroxylation is 1. The van der Waals surface area contributed by atoms with Crippen molar-refractivity contribution >= 4 is 11.6 Å². The Labute approximate surface area is 163 Å². The molecule has 6 nitrogen and oxygen atoms in total. The van der Waals surface area contributed by atoms with Gasteiger partial charge >= 0.3 is 0 Å². The molecule has 1 aliphatic heterocycles. The molecule has 0 spiro atoms. The largest absolute Gasteiger partial charge is 0.325 e. The Morgan fingerprint density at radius 2 is 2.04 bits per heavy atom. The lowest BCUT2D eigenvalue weighted by Gasteiger charge is -2.34. The number of likely N-dealkylation sites (tertiary alicyclic amines) is 1. The van der Waals surface area contributed by atoms with E-state index in [1.165, 1.54) is 12.3 Å². The second-order valence-corrected chi connectivity index (χ2v) is 7.04. The zero-order valence-electron chi connectivity index (χ0n) is 15.8. The van der Waals surface area contributed by atoms with Gasteiger partial charge in [-0.05, 0) is 50.6 Å². The molecule has 0 amide bonds. The number of pyridine rings is 2. The first kappa shape index (κ1) is 18.4. The van der Waals surface area contributed by atoms with E-state index in [4.69, 9.17) is 9.97 Å². The molecule has 1 saturated heterocycles. The highest BCUT2D eigenvalue weighted by atomic mass is 19.1. The fraction of sp³-hybridized carbons (Fsp3) is 0.333. The van der Waals surface area contributed by atoms with Crippen LogP contribution in [-0.4, -0.2) is 31.4 Å². The normalized spacial score (nSPS) is 17.4. The molecule has 144 valence electrons. The van der Waals surface area contributed by atoms with Gasteiger partial charge in [0.05, 0.1) is 17.9 Å². The van der Waals surface area contributed by atoms with Crippen molar-refractivity contribution < 1.29 is 4.39 Å². The van der Waals surface area contributed by atoms with Crippen LogP contribution in [-0.2, 0) is 6.54 Å². The zero-order chi connectivity index (χ0) is 19.3. The summed E-state index contributed by atoms with van der Waals surface area (Å²) in [5, 5.41) is 3.26. The highest BCUT2D eigenvalue weighted by Crippen LogP contribution is 2.31. The van der Waals surface area contributed by atoms with Gasteiger partial charge in [-0.1, -0.05) is 12.5 Å². The minimum atomic E-state index is -0.314. The summed E-state index contributed by atoms with van der Waals surface area (Å²) in [6, 6.07) is 11.0. The van der Waals surface area contributed by atoms with Gasteiger partial charge in [0.15, 0.2) is 0 Å². The molecule has 3 aromatic heterocycles. The van der Waals surface area contributed by atoms with Crippen LogP contribution in [0.3, 0.4) is 0 Å². The van der Waals surface area contributed by atoms with E-state index in [1.54, 1.807) is 12.3 Å². The van der Waals surface area contributed by atoms with E-state index in [0.717, 1.165) is 54.7 Å². The summed E-state index contributed by atoms with van der Waals surface area (Å²) in [7, 11) is 0. The topological polar surface area (TPSA) is 66.8 Å². The molecule has 1 atom stereocenters. The lowest BCUT2D eigenvalue weighted by Crippen LogP contribution is -2.34. The van der Waals surface area contributed by atoms with Crippen LogP contribution in [0.15, 0.2) is 48.8 Å². The molecular weight excluding hydrogens is 355 g/mol. The maximum absolute atomic E-state index is 13.2. The van der Waals surface area contributed by atoms with Crippen LogP contribution in [0, 0.1) is 12.7 Å². The first-order valence-electron chi connectivity index (χ1n) is 9.55. The van der Waals surface area contributed by atoms with Crippen molar-refractivity contribution in [2.24, 2.45) is 0 Å². The maximum atomic E-state index is 13.2. The number of halogens is 1. The van der Waals surface area contributed by atoms with Crippen LogP contribution in [0.4, 0.5) is 16.0 Å². The third kappa shape index (κ3) is 4.48. The Morgan fingerprint density at radius 3 is 2.82 bits per heavy atom. The van der Waals surface area contributed by atoms with Gasteiger partial charge in [0.1, 0.15) is 23.3 Å². The summed E-state index contributed by atoms with van der Waals surface area (Å²) in [6.07, 6.45) is 6.27. The van der Waals surface area contributed by atoms with E-state index in [0.29, 0.717) is 6.54 Å². The second kappa shape index (κ2) is 8.39. The quantitative estimate of drug-likeness (QED) is 0.718. The van der Waals surface area contributed by atoms with Crippen LogP contribution in [0.2, 0.25) is 0 Å². The number of hydrogen-bond acceptors (Lipinski definition) is 6. The Hall–Kier alpha value is -2.93. The van der Waals surface area contributed by atoms with E-state index in [2.05, 4.69) is 20.2 Å². The molecule has 1 aliphatic rings. The number of nitrogens with one attached hydrogen (secondary N) is 1. The number of rotatable bonds is 5. The minimum Gasteiger partial charge on any atom is -0.325 e. The van der Waals surface area contributed by atoms with Gasteiger partial charge in [0.25, 0.3) is 0 Å². The molecule has 0 aromatic carbocycles. The van der Waals surface area contributed by atoms with Crippen LogP contribution in [0.5, 0.6) is 0 Å². The molecule has 1 fully saturated rings. The number of aromatic nitrogens is 4. The zero-order valence-corrected chi connectivity index (χ0v) is 15.8. The molecule has 4 rings (SSSR count). The fourth-order valence-electron chi connectivity index (χ4n) is 3.55. The lowest BCUT2D eigenvalue weighted by molar-refractivity contribution is 0.132. The maximum Gasteiger partial charge on any atom is 0.148 e. The smallest absolute Gasteiger partial charge is 0.148 e. The Bertz CT molecular complexity index is 916. The highest BCUT2D eigenvalue weighted by Gasteiger charge is 2.27. The van der Waals surface area contributed by atoms with Crippen LogP contribution in [0.1, 0.15) is 42.5 Å². The number of nitrogens with zero attached hydrogens (tertiary/aromatic N) is 5. The molecule has 0 bridgehead atoms. The van der Waals surface area contributed by atoms with E-state index in [9.17, 15) is 4.39 Å². The van der Waals surface area contributed by atoms with E-state index < -0.39 is 0 Å². The van der Waals surface area contributed by atoms with Gasteiger partial charge < -0.3 is 5.32 Å². The van der Waals surface area contributed by atoms with E-state index >= 15 is 0 Å². The summed E-state index contributed by atoms with van der Waals surface area (Å²) >= 11 is 0. The van der Waals surface area contributed by atoms with Crippen molar-refractivity contribution in [1.29, 1.82) is 0 Å². The molecule has 1 N–H and O–H groups in total. The third-order valence-electron chi connectivity index (χ3n) is 4.86. The fourth-order valence-corrected chi connectivity index (χ4v) is 3.55. The van der Waals surface area contributed by atoms with Crippen molar-refractivity contribution in [3.05, 3.63) is 71.8 Å². The van der Waals surface area contributed by atoms with Crippen molar-refractivity contribution in [3.63, 3.8) is 0 Å². The van der Waals surface area contributed by atoms with E-state index in [1.807, 2.05) is 31.2 Å². The number of hydrogen-bond donors (Lipinski definition) is 1. The van der Waals surface area contributed by atoms with Gasteiger partial charge in [-0.2, -0.15) is 0 Å². The average Bonchev–Trinajstić information content (AvgIpc) is 2.70. The Balaban J connectivity index is 1.57. The van der Waals surface area contributed by atoms with Gasteiger partial charge in [-0.3, -0.25) is 9.88 Å². The van der Waals surface area contributed by atoms with Gasteiger partial charge in [-0.15, -0.1) is 0 Å². The predicted molar refractivity (Wildman–Crippen MR) is 105 cm³/mol. The molecule has 28 heavy (non-hydrogen) atoms. The molecule has 1 unspecified atom stereocenters. The summed E-state index contributed by atoms with van der Waals surface area (Å²) < 4.78 is 13.2. The van der Waals surface area contributed by atoms with Crippen molar-refractivity contribution in [2.45, 2.75) is 38.8 Å². The summed E-state index contributed by atoms with van der Waals surface area (Å²) in [6.45, 7) is 3.58. The molecule has 3 aromatic rings. The second-order valence-electron chi connectivity index (χ2n) is 7.04. The first-order chi connectivity index (χ1) is 13.7. The van der Waals surface area contributed by atoms with E-state index in [-0.39, 0.29) is 11.9 Å². The van der Waals surface area contributed by atoms with Crippen molar-refractivity contribution in [2.75, 3.05) is 11.9 Å². The van der Waals surface area contributed by atoms with Crippen LogP contribution < -0.4 is 5.32 Å². The number of piperidine rings is 1. The standard InChI is InChI=1S/C21H23FN6/c1-15-12-20(26-19-7-2-4-10-23-19)27-21(25-15)18-6-3-5-11-28(18)14-17-9-8-16(22)13-24-17/h2,4,7-10,12-13,18H,3,5-6,11,14H2,1H3,(H,23,25,26,27). The molecule has 0 saturated carbocycles. The lowest BCUT2D eigenvalue weighted by atomic mass is 10.0. The Kier molecular flexibility index (Phi) is 5.53. The third-order valence-corrected chi connectivity index (χ3v) is 4.86. The summed E-state index contributed by atoms with van der Waals surface area (Å²) in [5.41, 5.74) is 1.77. The Morgan fingerprint density at radius 1 is 1.11 bits per heavy atom. The van der Waals surface area contributed by atoms with Gasteiger partial charge in [0, 0.05) is 24.5 Å². The number of anilines is 2. The molecule has 4 heterocycles. The highest BCUT2D eigenvalue weighted by molar-refractivity contribution is 5.51. The van der Waals surface area contributed by atoms with Crippen molar-refractivity contribution in [1.82, 2.24) is 24.8 Å². The average molecular weight is 378 g/mol. The van der Waals surface area contributed by atoms with Crippen LogP contribution in [0.25, 0.3) is 0 Å². The monoisotopic (exact) mass is 378 g/mol.